The summed E-state index contributed by atoms with van der Waals surface area (Å²) in [5, 5.41) is 1.43. The molecule has 1 aromatic heterocycles. The zero-order valence-electron chi connectivity index (χ0n) is 11.0. The number of benzene rings is 1. The van der Waals surface area contributed by atoms with Crippen molar-refractivity contribution in [1.82, 2.24) is 4.98 Å². The summed E-state index contributed by atoms with van der Waals surface area (Å²) in [6.07, 6.45) is 0. The van der Waals surface area contributed by atoms with E-state index in [1.165, 1.54) is 11.8 Å². The Hall–Kier alpha value is -1.39. The lowest BCUT2D eigenvalue weighted by Crippen LogP contribution is -2.01. The lowest BCUT2D eigenvalue weighted by atomic mass is 10.1. The summed E-state index contributed by atoms with van der Waals surface area (Å²) < 4.78 is 5.68. The fourth-order valence-corrected chi connectivity index (χ4v) is 2.66. The predicted molar refractivity (Wildman–Crippen MR) is 77.4 cm³/mol. The molecule has 0 aliphatic heterocycles. The smallest absolute Gasteiger partial charge is 0.163 e. The lowest BCUT2D eigenvalue weighted by Gasteiger charge is -2.08. The topological polar surface area (TPSA) is 39.2 Å². The van der Waals surface area contributed by atoms with Crippen molar-refractivity contribution >= 4 is 28.7 Å². The number of carbonyl (C=O) groups is 1. The number of hydrogen-bond donors (Lipinski definition) is 0. The molecule has 0 aliphatic carbocycles. The van der Waals surface area contributed by atoms with Gasteiger partial charge in [-0.1, -0.05) is 11.6 Å². The number of ketones is 1. The molecule has 0 amide bonds. The number of carbonyl (C=O) groups excluding carboxylic acids is 1. The van der Waals surface area contributed by atoms with Crippen molar-refractivity contribution in [3.8, 4) is 5.75 Å². The molecule has 2 rings (SSSR count). The van der Waals surface area contributed by atoms with E-state index in [0.29, 0.717) is 22.9 Å². The van der Waals surface area contributed by atoms with Crippen molar-refractivity contribution in [2.24, 2.45) is 0 Å². The van der Waals surface area contributed by atoms with E-state index in [9.17, 15) is 4.79 Å². The van der Waals surface area contributed by atoms with Gasteiger partial charge in [-0.25, -0.2) is 4.98 Å². The van der Waals surface area contributed by atoms with Crippen LogP contribution in [0.2, 0.25) is 5.02 Å². The van der Waals surface area contributed by atoms with Crippen LogP contribution in [0.4, 0.5) is 0 Å². The van der Waals surface area contributed by atoms with Crippen LogP contribution in [0.15, 0.2) is 18.2 Å². The average molecular weight is 296 g/mol. The van der Waals surface area contributed by atoms with Crippen LogP contribution in [0.3, 0.4) is 0 Å². The maximum Gasteiger partial charge on any atom is 0.163 e. The normalized spacial score (nSPS) is 10.5. The van der Waals surface area contributed by atoms with Gasteiger partial charge < -0.3 is 4.74 Å². The molecule has 0 spiro atoms. The molecular formula is C14H14ClNO2S. The number of ether oxygens (including phenoxy) is 1. The molecule has 0 N–H and O–H groups in total. The fraction of sp³-hybridized carbons (Fsp3) is 0.286. The molecule has 0 aliphatic rings. The first-order valence-corrected chi connectivity index (χ1v) is 7.03. The Balaban J connectivity index is 2.17. The van der Waals surface area contributed by atoms with E-state index in [-0.39, 0.29) is 5.78 Å². The second-order valence-corrected chi connectivity index (χ2v) is 5.96. The van der Waals surface area contributed by atoms with E-state index in [0.717, 1.165) is 10.7 Å². The molecule has 19 heavy (non-hydrogen) atoms. The maximum atomic E-state index is 11.5. The van der Waals surface area contributed by atoms with E-state index >= 15 is 0 Å². The third-order valence-electron chi connectivity index (χ3n) is 2.74. The molecular weight excluding hydrogens is 282 g/mol. The largest absolute Gasteiger partial charge is 0.486 e. The van der Waals surface area contributed by atoms with Crippen LogP contribution in [-0.4, -0.2) is 10.8 Å². The molecule has 0 saturated heterocycles. The second-order valence-electron chi connectivity index (χ2n) is 4.23. The molecule has 0 atom stereocenters. The minimum Gasteiger partial charge on any atom is -0.486 e. The van der Waals surface area contributed by atoms with Gasteiger partial charge in [-0.05, 0) is 39.0 Å². The molecule has 0 bridgehead atoms. The molecule has 5 heteroatoms. The van der Waals surface area contributed by atoms with Crippen LogP contribution >= 0.6 is 22.9 Å². The molecule has 0 fully saturated rings. The third kappa shape index (κ3) is 3.33. The van der Waals surface area contributed by atoms with Crippen LogP contribution in [0.25, 0.3) is 0 Å². The SMILES string of the molecule is CC(=O)c1cc(Cl)ccc1OCc1nc(C)c(C)s1. The highest BCUT2D eigenvalue weighted by Crippen LogP contribution is 2.25. The van der Waals surface area contributed by atoms with E-state index in [1.807, 2.05) is 13.8 Å². The first-order valence-electron chi connectivity index (χ1n) is 5.83. The Labute approximate surface area is 121 Å². The third-order valence-corrected chi connectivity index (χ3v) is 4.03. The second kappa shape index (κ2) is 5.72. The van der Waals surface area contributed by atoms with Crippen LogP contribution < -0.4 is 4.74 Å². The number of hydrogen-bond acceptors (Lipinski definition) is 4. The van der Waals surface area contributed by atoms with Crippen LogP contribution in [0.5, 0.6) is 5.75 Å². The van der Waals surface area contributed by atoms with Gasteiger partial charge in [0, 0.05) is 9.90 Å². The average Bonchev–Trinajstić information content (AvgIpc) is 2.67. The minimum absolute atomic E-state index is 0.0657. The summed E-state index contributed by atoms with van der Waals surface area (Å²) in [5.41, 5.74) is 1.52. The first-order chi connectivity index (χ1) is 8.97. The van der Waals surface area contributed by atoms with Gasteiger partial charge in [-0.15, -0.1) is 11.3 Å². The Kier molecular flexibility index (Phi) is 4.22. The summed E-state index contributed by atoms with van der Waals surface area (Å²) in [6, 6.07) is 5.05. The summed E-state index contributed by atoms with van der Waals surface area (Å²) in [4.78, 5) is 17.1. The number of thiazole rings is 1. The van der Waals surface area contributed by atoms with E-state index in [4.69, 9.17) is 16.3 Å². The Morgan fingerprint density at radius 2 is 2.16 bits per heavy atom. The molecule has 0 saturated carbocycles. The summed E-state index contributed by atoms with van der Waals surface area (Å²) in [7, 11) is 0. The van der Waals surface area contributed by atoms with Gasteiger partial charge in [-0.2, -0.15) is 0 Å². The predicted octanol–water partition coefficient (Wildman–Crippen LogP) is 4.19. The van der Waals surface area contributed by atoms with Crippen molar-refractivity contribution in [3.05, 3.63) is 44.4 Å². The highest BCUT2D eigenvalue weighted by atomic mass is 35.5. The van der Waals surface area contributed by atoms with Crippen molar-refractivity contribution in [2.75, 3.05) is 0 Å². The Morgan fingerprint density at radius 3 is 2.74 bits per heavy atom. The maximum absolute atomic E-state index is 11.5. The van der Waals surface area contributed by atoms with Gasteiger partial charge in [-0.3, -0.25) is 4.79 Å². The molecule has 3 nitrogen and oxygen atoms in total. The number of halogens is 1. The number of aryl methyl sites for hydroxylation is 2. The standard InChI is InChI=1S/C14H14ClNO2S/c1-8-10(3)19-14(16-8)7-18-13-5-4-11(15)6-12(13)9(2)17/h4-6H,7H2,1-3H3. The van der Waals surface area contributed by atoms with Crippen molar-refractivity contribution in [1.29, 1.82) is 0 Å². The highest BCUT2D eigenvalue weighted by Gasteiger charge is 2.11. The molecule has 1 aromatic carbocycles. The number of nitrogens with zero attached hydrogens (tertiary/aromatic N) is 1. The van der Waals surface area contributed by atoms with Crippen molar-refractivity contribution in [3.63, 3.8) is 0 Å². The molecule has 1 heterocycles. The molecule has 0 unspecified atom stereocenters. The summed E-state index contributed by atoms with van der Waals surface area (Å²) in [5.74, 6) is 0.478. The monoisotopic (exact) mass is 295 g/mol. The van der Waals surface area contributed by atoms with Gasteiger partial charge in [0.05, 0.1) is 11.3 Å². The quantitative estimate of drug-likeness (QED) is 0.794. The zero-order valence-corrected chi connectivity index (χ0v) is 12.6. The lowest BCUT2D eigenvalue weighted by molar-refractivity contribution is 0.101. The molecule has 0 radical (unpaired) electrons. The van der Waals surface area contributed by atoms with Crippen LogP contribution in [-0.2, 0) is 6.61 Å². The van der Waals surface area contributed by atoms with Gasteiger partial charge in [0.15, 0.2) is 5.78 Å². The van der Waals surface area contributed by atoms with Gasteiger partial charge in [0.1, 0.15) is 17.4 Å². The number of Topliss-reactive ketones (excluding diaryl/α,β-unsaturated/α-hetero) is 1. The van der Waals surface area contributed by atoms with Crippen LogP contribution in [0, 0.1) is 13.8 Å². The zero-order chi connectivity index (χ0) is 14.0. The van der Waals surface area contributed by atoms with E-state index < -0.39 is 0 Å². The molecule has 100 valence electrons. The first kappa shape index (κ1) is 14.0. The van der Waals surface area contributed by atoms with Crippen molar-refractivity contribution < 1.29 is 9.53 Å². The Morgan fingerprint density at radius 1 is 1.42 bits per heavy atom. The highest BCUT2D eigenvalue weighted by molar-refractivity contribution is 7.11. The van der Waals surface area contributed by atoms with E-state index in [1.54, 1.807) is 29.5 Å². The number of rotatable bonds is 4. The van der Waals surface area contributed by atoms with Gasteiger partial charge in [0.25, 0.3) is 0 Å². The Bertz CT molecular complexity index is 602. The van der Waals surface area contributed by atoms with Gasteiger partial charge in [0.2, 0.25) is 0 Å². The van der Waals surface area contributed by atoms with Crippen molar-refractivity contribution in [2.45, 2.75) is 27.4 Å². The summed E-state index contributed by atoms with van der Waals surface area (Å²) >= 11 is 7.49. The number of aromatic nitrogens is 1. The van der Waals surface area contributed by atoms with E-state index in [2.05, 4.69) is 4.98 Å². The minimum atomic E-state index is -0.0657. The summed E-state index contributed by atoms with van der Waals surface area (Å²) in [6.45, 7) is 5.86. The molecule has 2 aromatic rings. The van der Waals surface area contributed by atoms with Crippen LogP contribution in [0.1, 0.15) is 32.9 Å². The van der Waals surface area contributed by atoms with Gasteiger partial charge >= 0.3 is 0 Å². The fourth-order valence-electron chi connectivity index (χ4n) is 1.64.